The van der Waals surface area contributed by atoms with Crippen LogP contribution >= 0.6 is 0 Å². The Bertz CT molecular complexity index is 574. The molecule has 0 fully saturated rings. The highest BCUT2D eigenvalue weighted by Crippen LogP contribution is 2.11. The topological polar surface area (TPSA) is 84.5 Å². The molecule has 0 radical (unpaired) electrons. The predicted octanol–water partition coefficient (Wildman–Crippen LogP) is 2.13. The Morgan fingerprint density at radius 3 is 2.24 bits per heavy atom. The Labute approximate surface area is 125 Å². The lowest BCUT2D eigenvalue weighted by Gasteiger charge is -2.19. The van der Waals surface area contributed by atoms with Crippen molar-refractivity contribution in [1.29, 1.82) is 0 Å². The minimum atomic E-state index is -3.26. The highest BCUT2D eigenvalue weighted by Gasteiger charge is 2.15. The van der Waals surface area contributed by atoms with Gasteiger partial charge in [-0.1, -0.05) is 12.1 Å². The van der Waals surface area contributed by atoms with E-state index in [1.807, 2.05) is 12.1 Å². The third-order valence-electron chi connectivity index (χ3n) is 2.34. The maximum absolute atomic E-state index is 11.4. The zero-order chi connectivity index (χ0) is 16.1. The van der Waals surface area contributed by atoms with Crippen molar-refractivity contribution in [3.8, 4) is 0 Å². The fourth-order valence-electron chi connectivity index (χ4n) is 1.58. The van der Waals surface area contributed by atoms with Gasteiger partial charge in [0.15, 0.2) is 0 Å². The molecule has 0 spiro atoms. The van der Waals surface area contributed by atoms with Crippen LogP contribution in [0.1, 0.15) is 26.3 Å². The van der Waals surface area contributed by atoms with Crippen molar-refractivity contribution < 1.29 is 17.9 Å². The quantitative estimate of drug-likeness (QED) is 0.872. The lowest BCUT2D eigenvalue weighted by molar-refractivity contribution is 0.0528. The Balaban J connectivity index is 2.41. The van der Waals surface area contributed by atoms with E-state index in [1.54, 1.807) is 32.9 Å². The van der Waals surface area contributed by atoms with Gasteiger partial charge in [0.05, 0.1) is 6.26 Å². The van der Waals surface area contributed by atoms with Crippen molar-refractivity contribution in [1.82, 2.24) is 5.32 Å². The summed E-state index contributed by atoms with van der Waals surface area (Å²) >= 11 is 0. The van der Waals surface area contributed by atoms with Crippen molar-refractivity contribution in [3.63, 3.8) is 0 Å². The van der Waals surface area contributed by atoms with Gasteiger partial charge in [-0.15, -0.1) is 0 Å². The van der Waals surface area contributed by atoms with Crippen molar-refractivity contribution >= 4 is 21.8 Å². The second-order valence-corrected chi connectivity index (χ2v) is 7.50. The summed E-state index contributed by atoms with van der Waals surface area (Å²) in [6, 6.07) is 6.99. The Morgan fingerprint density at radius 1 is 1.19 bits per heavy atom. The van der Waals surface area contributed by atoms with E-state index < -0.39 is 21.7 Å². The van der Waals surface area contributed by atoms with Crippen LogP contribution in [0.2, 0.25) is 0 Å². The number of carbonyl (C=O) groups is 1. The van der Waals surface area contributed by atoms with E-state index in [9.17, 15) is 13.2 Å². The fraction of sp³-hybridized carbons (Fsp3) is 0.500. The molecule has 0 unspecified atom stereocenters. The van der Waals surface area contributed by atoms with E-state index >= 15 is 0 Å². The number of benzene rings is 1. The first-order valence-corrected chi connectivity index (χ1v) is 8.48. The number of ether oxygens (including phenoxy) is 1. The van der Waals surface area contributed by atoms with Crippen molar-refractivity contribution in [2.75, 3.05) is 17.5 Å². The third kappa shape index (κ3) is 8.19. The molecule has 0 heterocycles. The Hall–Kier alpha value is -1.76. The van der Waals surface area contributed by atoms with Gasteiger partial charge in [-0.2, -0.15) is 0 Å². The Kier molecular flexibility index (Phi) is 5.60. The summed E-state index contributed by atoms with van der Waals surface area (Å²) in [7, 11) is -3.26. The SMILES string of the molecule is CC(C)(C)OC(=O)NCCc1ccc(NS(C)(=O)=O)cc1. The van der Waals surface area contributed by atoms with Gasteiger partial charge >= 0.3 is 6.09 Å². The molecule has 0 aromatic heterocycles. The van der Waals surface area contributed by atoms with Crippen LogP contribution in [0.4, 0.5) is 10.5 Å². The average molecular weight is 314 g/mol. The van der Waals surface area contributed by atoms with Gasteiger partial charge in [0.25, 0.3) is 0 Å². The number of anilines is 1. The van der Waals surface area contributed by atoms with Gasteiger partial charge in [0.1, 0.15) is 5.60 Å². The van der Waals surface area contributed by atoms with E-state index in [1.165, 1.54) is 0 Å². The molecule has 0 bridgehead atoms. The van der Waals surface area contributed by atoms with E-state index in [-0.39, 0.29) is 0 Å². The predicted molar refractivity (Wildman–Crippen MR) is 82.8 cm³/mol. The summed E-state index contributed by atoms with van der Waals surface area (Å²) in [5, 5.41) is 2.67. The van der Waals surface area contributed by atoms with E-state index in [0.29, 0.717) is 18.7 Å². The summed E-state index contributed by atoms with van der Waals surface area (Å²) in [6.45, 7) is 5.87. The van der Waals surface area contributed by atoms with Crippen molar-refractivity contribution in [2.24, 2.45) is 0 Å². The summed E-state index contributed by atoms with van der Waals surface area (Å²) in [6.07, 6.45) is 1.29. The molecule has 1 aromatic rings. The van der Waals surface area contributed by atoms with Crippen molar-refractivity contribution in [3.05, 3.63) is 29.8 Å². The normalized spacial score (nSPS) is 11.8. The molecule has 1 rings (SSSR count). The minimum absolute atomic E-state index is 0.446. The molecule has 0 aliphatic carbocycles. The summed E-state index contributed by atoms with van der Waals surface area (Å²) < 4.78 is 29.7. The lowest BCUT2D eigenvalue weighted by Crippen LogP contribution is -2.33. The van der Waals surface area contributed by atoms with Crippen molar-refractivity contribution in [2.45, 2.75) is 32.8 Å². The van der Waals surface area contributed by atoms with Gasteiger partial charge < -0.3 is 10.1 Å². The first-order valence-electron chi connectivity index (χ1n) is 6.59. The minimum Gasteiger partial charge on any atom is -0.444 e. The largest absolute Gasteiger partial charge is 0.444 e. The summed E-state index contributed by atoms with van der Waals surface area (Å²) in [4.78, 5) is 11.4. The summed E-state index contributed by atoms with van der Waals surface area (Å²) in [5.41, 5.74) is 0.995. The highest BCUT2D eigenvalue weighted by molar-refractivity contribution is 7.92. The van der Waals surface area contributed by atoms with Crippen LogP contribution in [0.5, 0.6) is 0 Å². The number of amides is 1. The smallest absolute Gasteiger partial charge is 0.407 e. The maximum Gasteiger partial charge on any atom is 0.407 e. The molecule has 6 nitrogen and oxygen atoms in total. The molecule has 0 saturated carbocycles. The number of carbonyl (C=O) groups excluding carboxylic acids is 1. The molecular formula is C14H22N2O4S. The molecule has 0 atom stereocenters. The molecule has 0 aliphatic rings. The van der Waals surface area contributed by atoms with Crippen LogP contribution in [0.25, 0.3) is 0 Å². The lowest BCUT2D eigenvalue weighted by atomic mass is 10.1. The van der Waals surface area contributed by atoms with Gasteiger partial charge in [0, 0.05) is 12.2 Å². The number of alkyl carbamates (subject to hydrolysis) is 1. The monoisotopic (exact) mass is 314 g/mol. The van der Waals surface area contributed by atoms with Crippen LogP contribution in [0.15, 0.2) is 24.3 Å². The number of sulfonamides is 1. The molecule has 0 aliphatic heterocycles. The first kappa shape index (κ1) is 17.3. The number of nitrogens with one attached hydrogen (secondary N) is 2. The van der Waals surface area contributed by atoms with Gasteiger partial charge in [-0.25, -0.2) is 13.2 Å². The van der Waals surface area contributed by atoms with Crippen LogP contribution in [0.3, 0.4) is 0 Å². The van der Waals surface area contributed by atoms with Crippen LogP contribution in [0, 0.1) is 0 Å². The molecule has 1 amide bonds. The number of hydrogen-bond donors (Lipinski definition) is 2. The molecule has 1 aromatic carbocycles. The first-order chi connectivity index (χ1) is 9.55. The molecule has 118 valence electrons. The standard InChI is InChI=1S/C14H22N2O4S/c1-14(2,3)20-13(17)15-10-9-11-5-7-12(8-6-11)16-21(4,18)19/h5-8,16H,9-10H2,1-4H3,(H,15,17). The van der Waals surface area contributed by atoms with E-state index in [2.05, 4.69) is 10.0 Å². The van der Waals surface area contributed by atoms with Crippen LogP contribution < -0.4 is 10.0 Å². The number of hydrogen-bond acceptors (Lipinski definition) is 4. The molecule has 0 saturated heterocycles. The van der Waals surface area contributed by atoms with Crippen LogP contribution in [-0.4, -0.2) is 32.9 Å². The van der Waals surface area contributed by atoms with Gasteiger partial charge in [-0.05, 0) is 44.9 Å². The molecule has 7 heteroatoms. The van der Waals surface area contributed by atoms with Crippen LogP contribution in [-0.2, 0) is 21.2 Å². The fourth-order valence-corrected chi connectivity index (χ4v) is 2.14. The second kappa shape index (κ2) is 6.80. The maximum atomic E-state index is 11.4. The molecular weight excluding hydrogens is 292 g/mol. The highest BCUT2D eigenvalue weighted by atomic mass is 32.2. The van der Waals surface area contributed by atoms with Gasteiger partial charge in [-0.3, -0.25) is 4.72 Å². The van der Waals surface area contributed by atoms with E-state index in [4.69, 9.17) is 4.74 Å². The Morgan fingerprint density at radius 2 is 1.76 bits per heavy atom. The number of rotatable bonds is 5. The zero-order valence-corrected chi connectivity index (χ0v) is 13.6. The second-order valence-electron chi connectivity index (χ2n) is 5.75. The van der Waals surface area contributed by atoms with E-state index in [0.717, 1.165) is 11.8 Å². The molecule has 21 heavy (non-hydrogen) atoms. The average Bonchev–Trinajstić information content (AvgIpc) is 2.27. The third-order valence-corrected chi connectivity index (χ3v) is 2.95. The zero-order valence-electron chi connectivity index (χ0n) is 12.8. The van der Waals surface area contributed by atoms with Gasteiger partial charge in [0.2, 0.25) is 10.0 Å². The summed E-state index contributed by atoms with van der Waals surface area (Å²) in [5.74, 6) is 0. The molecule has 2 N–H and O–H groups in total.